The molecule has 0 heterocycles. The summed E-state index contributed by atoms with van der Waals surface area (Å²) < 4.78 is 23.0. The van der Waals surface area contributed by atoms with Crippen LogP contribution in [0.25, 0.3) is 0 Å². The molecule has 23 heavy (non-hydrogen) atoms. The Labute approximate surface area is 135 Å². The smallest absolute Gasteiger partial charge is 0.316 e. The number of nitrogens with one attached hydrogen (secondary N) is 1. The Morgan fingerprint density at radius 3 is 2.43 bits per heavy atom. The highest BCUT2D eigenvalue weighted by Crippen LogP contribution is 2.47. The van der Waals surface area contributed by atoms with Crippen molar-refractivity contribution in [3.63, 3.8) is 0 Å². The van der Waals surface area contributed by atoms with E-state index in [1.807, 2.05) is 0 Å². The lowest BCUT2D eigenvalue weighted by atomic mass is 10.1. The van der Waals surface area contributed by atoms with E-state index in [-0.39, 0.29) is 19.0 Å². The van der Waals surface area contributed by atoms with Gasteiger partial charge in [0.2, 0.25) is 0 Å². The van der Waals surface area contributed by atoms with E-state index in [0.717, 1.165) is 0 Å². The van der Waals surface area contributed by atoms with Crippen LogP contribution in [0.5, 0.6) is 0 Å². The van der Waals surface area contributed by atoms with Gasteiger partial charge in [-0.05, 0) is 38.1 Å². The number of aliphatic hydroxyl groups excluding tert-OH is 1. The van der Waals surface area contributed by atoms with Crippen molar-refractivity contribution in [2.45, 2.75) is 26.2 Å². The third kappa shape index (κ3) is 7.07. The summed E-state index contributed by atoms with van der Waals surface area (Å²) in [6.45, 7) is 6.33. The molecule has 0 aromatic heterocycles. The zero-order valence-electron chi connectivity index (χ0n) is 13.1. The van der Waals surface area contributed by atoms with Crippen LogP contribution in [0.2, 0.25) is 0 Å². The summed E-state index contributed by atoms with van der Waals surface area (Å²) in [6, 6.07) is 6.48. The van der Waals surface area contributed by atoms with Crippen LogP contribution in [-0.4, -0.2) is 41.6 Å². The van der Waals surface area contributed by atoms with Crippen LogP contribution in [0.3, 0.4) is 0 Å². The minimum atomic E-state index is -3.34. The summed E-state index contributed by atoms with van der Waals surface area (Å²) in [5.74, 6) is 1.12. The number of hydrogen-bond acceptors (Lipinski definition) is 6. The summed E-state index contributed by atoms with van der Waals surface area (Å²) in [5, 5.41) is 20.2. The first-order valence-corrected chi connectivity index (χ1v) is 8.70. The van der Waals surface area contributed by atoms with E-state index < -0.39 is 19.9 Å². The minimum absolute atomic E-state index is 0.0193. The van der Waals surface area contributed by atoms with Crippen molar-refractivity contribution in [3.8, 4) is 0 Å². The molecule has 2 atom stereocenters. The topological polar surface area (TPSA) is 105 Å². The number of ketones is 1. The van der Waals surface area contributed by atoms with Gasteiger partial charge in [-0.2, -0.15) is 0 Å². The Kier molecular flexibility index (Phi) is 7.61. The van der Waals surface area contributed by atoms with Crippen LogP contribution in [0.15, 0.2) is 36.7 Å². The normalized spacial score (nSPS) is 15.0. The van der Waals surface area contributed by atoms with Gasteiger partial charge in [-0.15, -0.1) is 0 Å². The summed E-state index contributed by atoms with van der Waals surface area (Å²) >= 11 is 0. The second kappa shape index (κ2) is 8.96. The van der Waals surface area contributed by atoms with E-state index in [2.05, 4.69) is 11.7 Å². The quantitative estimate of drug-likeness (QED) is 0.340. The molecule has 0 amide bonds. The van der Waals surface area contributed by atoms with E-state index in [9.17, 15) is 9.36 Å². The van der Waals surface area contributed by atoms with Crippen molar-refractivity contribution in [2.24, 2.45) is 0 Å². The number of hydrogen-bond donors (Lipinski definition) is 3. The van der Waals surface area contributed by atoms with Crippen molar-refractivity contribution >= 4 is 19.0 Å². The van der Waals surface area contributed by atoms with Crippen LogP contribution in [-0.2, 0) is 13.8 Å². The highest BCUT2D eigenvalue weighted by Gasteiger charge is 2.20. The van der Waals surface area contributed by atoms with E-state index in [4.69, 9.17) is 19.5 Å². The SMILES string of the molecule is C=CP(=O)(Nc1ccc(C(C)=O)cc1)OCC(C)OCC(O)O. The maximum Gasteiger partial charge on any atom is 0.316 e. The number of anilines is 1. The van der Waals surface area contributed by atoms with Crippen molar-refractivity contribution in [2.75, 3.05) is 18.3 Å². The standard InChI is InChI=1S/C15H22NO6P/c1-4-23(20,22-9-11(2)21-10-15(18)19)16-14-7-5-13(6-8-14)12(3)17/h4-8,11,15,18-19H,1,9-10H2,2-3H3,(H,16,20). The number of ether oxygens (including phenoxy) is 1. The molecular weight excluding hydrogens is 321 g/mol. The van der Waals surface area contributed by atoms with E-state index >= 15 is 0 Å². The second-order valence-corrected chi connectivity index (χ2v) is 6.99. The Balaban J connectivity index is 2.61. The number of rotatable bonds is 10. The molecule has 7 nitrogen and oxygen atoms in total. The zero-order chi connectivity index (χ0) is 17.5. The van der Waals surface area contributed by atoms with Crippen molar-refractivity contribution in [3.05, 3.63) is 42.2 Å². The van der Waals surface area contributed by atoms with Crippen molar-refractivity contribution in [1.82, 2.24) is 0 Å². The van der Waals surface area contributed by atoms with Crippen molar-refractivity contribution < 1.29 is 28.8 Å². The Hall–Kier alpha value is -1.50. The van der Waals surface area contributed by atoms with Crippen LogP contribution in [0, 0.1) is 0 Å². The maximum atomic E-state index is 12.5. The van der Waals surface area contributed by atoms with Gasteiger partial charge in [-0.25, -0.2) is 0 Å². The lowest BCUT2D eigenvalue weighted by Crippen LogP contribution is -2.22. The largest absolute Gasteiger partial charge is 0.371 e. The molecule has 128 valence electrons. The number of aliphatic hydroxyl groups is 2. The monoisotopic (exact) mass is 343 g/mol. The first-order valence-electron chi connectivity index (χ1n) is 7.00. The second-order valence-electron chi connectivity index (χ2n) is 4.95. The Bertz CT molecular complexity index is 572. The molecular formula is C15H22NO6P. The molecule has 0 aliphatic heterocycles. The number of carbonyl (C=O) groups is 1. The number of Topliss-reactive ketones (excluding diaryl/α,β-unsaturated/α-hetero) is 1. The Morgan fingerprint density at radius 1 is 1.35 bits per heavy atom. The fourth-order valence-corrected chi connectivity index (χ4v) is 2.81. The lowest BCUT2D eigenvalue weighted by Gasteiger charge is -2.20. The van der Waals surface area contributed by atoms with Gasteiger partial charge < -0.3 is 24.6 Å². The van der Waals surface area contributed by atoms with E-state index in [1.54, 1.807) is 31.2 Å². The molecule has 0 spiro atoms. The first kappa shape index (κ1) is 19.5. The summed E-state index contributed by atoms with van der Waals surface area (Å²) in [4.78, 5) is 11.2. The van der Waals surface area contributed by atoms with E-state index in [0.29, 0.717) is 11.3 Å². The molecule has 0 aliphatic rings. The van der Waals surface area contributed by atoms with Crippen LogP contribution in [0.1, 0.15) is 24.2 Å². The average Bonchev–Trinajstić information content (AvgIpc) is 2.51. The molecule has 0 fully saturated rings. The van der Waals surface area contributed by atoms with Crippen molar-refractivity contribution in [1.29, 1.82) is 0 Å². The molecule has 2 unspecified atom stereocenters. The van der Waals surface area contributed by atoms with E-state index in [1.165, 1.54) is 12.7 Å². The Morgan fingerprint density at radius 2 is 1.96 bits per heavy atom. The van der Waals surface area contributed by atoms with Crippen LogP contribution < -0.4 is 5.09 Å². The minimum Gasteiger partial charge on any atom is -0.371 e. The lowest BCUT2D eigenvalue weighted by molar-refractivity contribution is -0.113. The summed E-state index contributed by atoms with van der Waals surface area (Å²) in [7, 11) is -3.34. The number of benzene rings is 1. The van der Waals surface area contributed by atoms with Crippen LogP contribution >= 0.6 is 7.52 Å². The molecule has 1 rings (SSSR count). The van der Waals surface area contributed by atoms with Gasteiger partial charge in [-0.1, -0.05) is 6.58 Å². The summed E-state index contributed by atoms with van der Waals surface area (Å²) in [5.41, 5.74) is 1.08. The van der Waals surface area contributed by atoms with Gasteiger partial charge >= 0.3 is 7.52 Å². The predicted molar refractivity (Wildman–Crippen MR) is 87.5 cm³/mol. The van der Waals surface area contributed by atoms with Gasteiger partial charge in [0, 0.05) is 17.1 Å². The predicted octanol–water partition coefficient (Wildman–Crippen LogP) is 2.37. The fraction of sp³-hybridized carbons (Fsp3) is 0.400. The van der Waals surface area contributed by atoms with Gasteiger partial charge in [-0.3, -0.25) is 9.36 Å². The third-order valence-corrected chi connectivity index (χ3v) is 4.43. The number of carbonyl (C=O) groups excluding carboxylic acids is 1. The highest BCUT2D eigenvalue weighted by atomic mass is 31.2. The molecule has 0 saturated carbocycles. The van der Waals surface area contributed by atoms with Gasteiger partial charge in [0.1, 0.15) is 0 Å². The molecule has 0 bridgehead atoms. The molecule has 1 aromatic carbocycles. The van der Waals surface area contributed by atoms with Crippen LogP contribution in [0.4, 0.5) is 5.69 Å². The maximum absolute atomic E-state index is 12.5. The molecule has 8 heteroatoms. The summed E-state index contributed by atoms with van der Waals surface area (Å²) in [6.07, 6.45) is -2.05. The van der Waals surface area contributed by atoms with Gasteiger partial charge in [0.05, 0.1) is 19.3 Å². The fourth-order valence-electron chi connectivity index (χ4n) is 1.60. The molecule has 1 aromatic rings. The molecule has 0 radical (unpaired) electrons. The van der Waals surface area contributed by atoms with Gasteiger partial charge in [0.15, 0.2) is 12.1 Å². The molecule has 3 N–H and O–H groups in total. The molecule has 0 aliphatic carbocycles. The first-order chi connectivity index (χ1) is 10.8. The highest BCUT2D eigenvalue weighted by molar-refractivity contribution is 7.63. The third-order valence-electron chi connectivity index (χ3n) is 2.85. The molecule has 0 saturated heterocycles. The van der Waals surface area contributed by atoms with Gasteiger partial charge in [0.25, 0.3) is 0 Å². The average molecular weight is 343 g/mol. The zero-order valence-corrected chi connectivity index (χ0v) is 14.0.